The normalized spacial score (nSPS) is 10.8. The largest absolute Gasteiger partial charge is 0.486 e. The number of aliphatic carboxylic acids is 1. The Morgan fingerprint density at radius 2 is 1.91 bits per heavy atom. The summed E-state index contributed by atoms with van der Waals surface area (Å²) in [5.41, 5.74) is 3.64. The van der Waals surface area contributed by atoms with Gasteiger partial charge in [0.15, 0.2) is 0 Å². The second-order valence-corrected chi connectivity index (χ2v) is 5.39. The van der Waals surface area contributed by atoms with Crippen LogP contribution in [0.3, 0.4) is 0 Å². The van der Waals surface area contributed by atoms with Gasteiger partial charge in [0, 0.05) is 0 Å². The minimum atomic E-state index is -0.844. The molecule has 0 aliphatic carbocycles. The number of H-pyrrole nitrogens is 1. The molecule has 0 spiro atoms. The van der Waals surface area contributed by atoms with E-state index in [2.05, 4.69) is 16.9 Å². The third kappa shape index (κ3) is 3.69. The van der Waals surface area contributed by atoms with E-state index in [9.17, 15) is 4.79 Å². The number of aromatic amines is 1. The molecule has 2 aromatic carbocycles. The van der Waals surface area contributed by atoms with Crippen LogP contribution < -0.4 is 4.74 Å². The van der Waals surface area contributed by atoms with Crippen LogP contribution in [0, 0.1) is 0 Å². The number of imidazole rings is 1. The van der Waals surface area contributed by atoms with Gasteiger partial charge in [-0.1, -0.05) is 25.1 Å². The molecule has 5 heteroatoms. The van der Waals surface area contributed by atoms with Crippen molar-refractivity contribution >= 4 is 17.0 Å². The molecule has 1 aromatic heterocycles. The molecule has 2 N–H and O–H groups in total. The SMILES string of the molecule is CCc1ccc(OCc2nc3ccc(CC(=O)O)cc3[nH]2)cc1. The Morgan fingerprint density at radius 1 is 1.17 bits per heavy atom. The summed E-state index contributed by atoms with van der Waals surface area (Å²) in [5, 5.41) is 8.85. The molecule has 0 unspecified atom stereocenters. The number of ether oxygens (including phenoxy) is 1. The first-order valence-electron chi connectivity index (χ1n) is 7.55. The number of aryl methyl sites for hydroxylation is 1. The van der Waals surface area contributed by atoms with Gasteiger partial charge in [0.1, 0.15) is 18.2 Å². The number of carboxylic acids is 1. The molecule has 0 atom stereocenters. The van der Waals surface area contributed by atoms with E-state index in [1.165, 1.54) is 5.56 Å². The average molecular weight is 310 g/mol. The lowest BCUT2D eigenvalue weighted by Crippen LogP contribution is -1.99. The average Bonchev–Trinajstić information content (AvgIpc) is 2.95. The van der Waals surface area contributed by atoms with Crippen LogP contribution in [0.1, 0.15) is 23.9 Å². The molecule has 0 saturated carbocycles. The summed E-state index contributed by atoms with van der Waals surface area (Å²) in [6.07, 6.45) is 1.01. The molecule has 0 aliphatic rings. The maximum Gasteiger partial charge on any atom is 0.307 e. The number of nitrogens with one attached hydrogen (secondary N) is 1. The Kier molecular flexibility index (Phi) is 4.28. The number of fused-ring (bicyclic) bond motifs is 1. The Morgan fingerprint density at radius 3 is 2.61 bits per heavy atom. The van der Waals surface area contributed by atoms with Crippen LogP contribution in [0.4, 0.5) is 0 Å². The summed E-state index contributed by atoms with van der Waals surface area (Å²) in [4.78, 5) is 18.4. The molecule has 3 aromatic rings. The highest BCUT2D eigenvalue weighted by atomic mass is 16.5. The van der Waals surface area contributed by atoms with Crippen molar-refractivity contribution in [2.45, 2.75) is 26.4 Å². The summed E-state index contributed by atoms with van der Waals surface area (Å²) in [6, 6.07) is 13.4. The van der Waals surface area contributed by atoms with E-state index in [1.807, 2.05) is 36.4 Å². The number of hydrogen-bond donors (Lipinski definition) is 2. The highest BCUT2D eigenvalue weighted by Gasteiger charge is 2.07. The topological polar surface area (TPSA) is 75.2 Å². The van der Waals surface area contributed by atoms with Crippen LogP contribution in [0.2, 0.25) is 0 Å². The first-order valence-corrected chi connectivity index (χ1v) is 7.55. The maximum atomic E-state index is 10.8. The molecular weight excluding hydrogens is 292 g/mol. The number of carboxylic acid groups (broad SMARTS) is 1. The Balaban J connectivity index is 1.71. The van der Waals surface area contributed by atoms with Gasteiger partial charge in [-0.3, -0.25) is 4.79 Å². The molecule has 0 saturated heterocycles. The molecule has 0 amide bonds. The van der Waals surface area contributed by atoms with Crippen LogP contribution in [-0.4, -0.2) is 21.0 Å². The van der Waals surface area contributed by atoms with Crippen LogP contribution >= 0.6 is 0 Å². The third-order valence-corrected chi connectivity index (χ3v) is 3.66. The van der Waals surface area contributed by atoms with E-state index in [-0.39, 0.29) is 6.42 Å². The van der Waals surface area contributed by atoms with Crippen LogP contribution in [0.15, 0.2) is 42.5 Å². The van der Waals surface area contributed by atoms with E-state index in [0.29, 0.717) is 12.4 Å². The molecule has 0 bridgehead atoms. The van der Waals surface area contributed by atoms with E-state index in [4.69, 9.17) is 9.84 Å². The van der Waals surface area contributed by atoms with Crippen molar-refractivity contribution in [1.82, 2.24) is 9.97 Å². The highest BCUT2D eigenvalue weighted by molar-refractivity contribution is 5.78. The zero-order valence-corrected chi connectivity index (χ0v) is 12.9. The number of aromatic nitrogens is 2. The third-order valence-electron chi connectivity index (χ3n) is 3.66. The lowest BCUT2D eigenvalue weighted by molar-refractivity contribution is -0.136. The van der Waals surface area contributed by atoms with Gasteiger partial charge in [0.25, 0.3) is 0 Å². The minimum absolute atomic E-state index is 0.00453. The van der Waals surface area contributed by atoms with Gasteiger partial charge in [-0.05, 0) is 41.8 Å². The van der Waals surface area contributed by atoms with Gasteiger partial charge in [0.05, 0.1) is 17.5 Å². The van der Waals surface area contributed by atoms with E-state index in [0.717, 1.165) is 28.8 Å². The molecule has 0 fully saturated rings. The number of rotatable bonds is 6. The molecule has 5 nitrogen and oxygen atoms in total. The highest BCUT2D eigenvalue weighted by Crippen LogP contribution is 2.17. The van der Waals surface area contributed by atoms with Crippen molar-refractivity contribution in [3.63, 3.8) is 0 Å². The summed E-state index contributed by atoms with van der Waals surface area (Å²) in [6.45, 7) is 2.46. The molecule has 118 valence electrons. The summed E-state index contributed by atoms with van der Waals surface area (Å²) in [5.74, 6) is 0.671. The van der Waals surface area contributed by atoms with Gasteiger partial charge < -0.3 is 14.8 Å². The van der Waals surface area contributed by atoms with Crippen molar-refractivity contribution < 1.29 is 14.6 Å². The fraction of sp³-hybridized carbons (Fsp3) is 0.222. The molecule has 1 heterocycles. The zero-order chi connectivity index (χ0) is 16.2. The predicted octanol–water partition coefficient (Wildman–Crippen LogP) is 3.33. The predicted molar refractivity (Wildman–Crippen MR) is 87.6 cm³/mol. The quantitative estimate of drug-likeness (QED) is 0.732. The molecular formula is C18H18N2O3. The van der Waals surface area contributed by atoms with Crippen molar-refractivity contribution in [3.05, 3.63) is 59.4 Å². The van der Waals surface area contributed by atoms with Crippen molar-refractivity contribution in [3.8, 4) is 5.75 Å². The smallest absolute Gasteiger partial charge is 0.307 e. The number of hydrogen-bond acceptors (Lipinski definition) is 3. The number of nitrogens with zero attached hydrogens (tertiary/aromatic N) is 1. The first kappa shape index (κ1) is 15.1. The number of carbonyl (C=O) groups is 1. The van der Waals surface area contributed by atoms with Crippen LogP contribution in [-0.2, 0) is 24.2 Å². The van der Waals surface area contributed by atoms with Gasteiger partial charge in [-0.2, -0.15) is 0 Å². The fourth-order valence-electron chi connectivity index (χ4n) is 2.44. The van der Waals surface area contributed by atoms with Crippen molar-refractivity contribution in [2.24, 2.45) is 0 Å². The van der Waals surface area contributed by atoms with E-state index >= 15 is 0 Å². The Labute approximate surface area is 133 Å². The van der Waals surface area contributed by atoms with Crippen molar-refractivity contribution in [2.75, 3.05) is 0 Å². The number of benzene rings is 2. The molecule has 3 rings (SSSR count). The molecule has 0 radical (unpaired) electrons. The first-order chi connectivity index (χ1) is 11.1. The lowest BCUT2D eigenvalue weighted by atomic mass is 10.1. The van der Waals surface area contributed by atoms with Gasteiger partial charge in [0.2, 0.25) is 0 Å². The van der Waals surface area contributed by atoms with Crippen molar-refractivity contribution in [1.29, 1.82) is 0 Å². The van der Waals surface area contributed by atoms with Crippen LogP contribution in [0.5, 0.6) is 5.75 Å². The van der Waals surface area contributed by atoms with E-state index in [1.54, 1.807) is 6.07 Å². The van der Waals surface area contributed by atoms with Crippen LogP contribution in [0.25, 0.3) is 11.0 Å². The monoisotopic (exact) mass is 310 g/mol. The van der Waals surface area contributed by atoms with Gasteiger partial charge >= 0.3 is 5.97 Å². The van der Waals surface area contributed by atoms with Gasteiger partial charge in [-0.25, -0.2) is 4.98 Å². The molecule has 0 aliphatic heterocycles. The van der Waals surface area contributed by atoms with E-state index < -0.39 is 5.97 Å². The molecule has 23 heavy (non-hydrogen) atoms. The Hall–Kier alpha value is -2.82. The zero-order valence-electron chi connectivity index (χ0n) is 12.9. The Bertz CT molecular complexity index is 822. The fourth-order valence-corrected chi connectivity index (χ4v) is 2.44. The minimum Gasteiger partial charge on any atom is -0.486 e. The van der Waals surface area contributed by atoms with Gasteiger partial charge in [-0.15, -0.1) is 0 Å². The summed E-state index contributed by atoms with van der Waals surface area (Å²) < 4.78 is 5.73. The lowest BCUT2D eigenvalue weighted by Gasteiger charge is -2.04. The standard InChI is InChI=1S/C18H18N2O3/c1-2-12-3-6-14(7-4-12)23-11-17-19-15-8-5-13(10-18(21)22)9-16(15)20-17/h3-9H,2,10-11H2,1H3,(H,19,20)(H,21,22). The summed E-state index contributed by atoms with van der Waals surface area (Å²) in [7, 11) is 0. The second kappa shape index (κ2) is 6.52. The second-order valence-electron chi connectivity index (χ2n) is 5.39. The maximum absolute atomic E-state index is 10.8. The summed E-state index contributed by atoms with van der Waals surface area (Å²) >= 11 is 0.